The Balaban J connectivity index is 2.45. The number of amides is 2. The van der Waals surface area contributed by atoms with E-state index in [0.717, 1.165) is 16.9 Å². The Kier molecular flexibility index (Phi) is 4.70. The summed E-state index contributed by atoms with van der Waals surface area (Å²) in [6, 6.07) is 4.65. The molecule has 1 heterocycles. The topological polar surface area (TPSA) is 76.7 Å². The number of rotatable bonds is 4. The fourth-order valence-corrected chi connectivity index (χ4v) is 2.50. The van der Waals surface area contributed by atoms with E-state index in [0.29, 0.717) is 11.3 Å². The average molecular weight is 304 g/mol. The Hall–Kier alpha value is -2.50. The molecule has 2 N–H and O–H groups in total. The van der Waals surface area contributed by atoms with Crippen LogP contribution in [0.1, 0.15) is 31.0 Å². The Labute approximate surface area is 129 Å². The highest BCUT2D eigenvalue weighted by molar-refractivity contribution is 5.95. The lowest BCUT2D eigenvalue weighted by atomic mass is 9.94. The van der Waals surface area contributed by atoms with Crippen LogP contribution < -0.4 is 15.4 Å². The minimum Gasteiger partial charge on any atom is -0.496 e. The van der Waals surface area contributed by atoms with Gasteiger partial charge >= 0.3 is 12.0 Å². The van der Waals surface area contributed by atoms with Gasteiger partial charge in [-0.3, -0.25) is 0 Å². The summed E-state index contributed by atoms with van der Waals surface area (Å²) < 4.78 is 10.3. The van der Waals surface area contributed by atoms with Crippen LogP contribution >= 0.6 is 0 Å². The van der Waals surface area contributed by atoms with E-state index in [4.69, 9.17) is 9.47 Å². The fourth-order valence-electron chi connectivity index (χ4n) is 2.50. The molecular weight excluding hydrogens is 284 g/mol. The number of carbonyl (C=O) groups is 2. The molecule has 0 aromatic heterocycles. The predicted octanol–water partition coefficient (Wildman–Crippen LogP) is 2.19. The first kappa shape index (κ1) is 15.9. The molecule has 1 aromatic rings. The molecule has 0 fully saturated rings. The zero-order valence-corrected chi connectivity index (χ0v) is 13.1. The van der Waals surface area contributed by atoms with Crippen molar-refractivity contribution < 1.29 is 19.1 Å². The molecule has 0 spiro atoms. The first-order valence-corrected chi connectivity index (χ1v) is 7.07. The van der Waals surface area contributed by atoms with Gasteiger partial charge in [0.2, 0.25) is 0 Å². The molecule has 0 radical (unpaired) electrons. The zero-order valence-electron chi connectivity index (χ0n) is 13.1. The van der Waals surface area contributed by atoms with Gasteiger partial charge < -0.3 is 20.1 Å². The van der Waals surface area contributed by atoms with Gasteiger partial charge in [-0.15, -0.1) is 0 Å². The van der Waals surface area contributed by atoms with Gasteiger partial charge in [-0.2, -0.15) is 0 Å². The van der Waals surface area contributed by atoms with Crippen molar-refractivity contribution in [1.82, 2.24) is 10.6 Å². The zero-order chi connectivity index (χ0) is 16.3. The van der Waals surface area contributed by atoms with E-state index >= 15 is 0 Å². The fraction of sp³-hybridized carbons (Fsp3) is 0.375. The number of nitrogens with one attached hydrogen (secondary N) is 2. The minimum atomic E-state index is -0.544. The van der Waals surface area contributed by atoms with Crippen LogP contribution in [0.2, 0.25) is 0 Å². The number of carbonyl (C=O) groups excluding carboxylic acids is 2. The maximum absolute atomic E-state index is 12.2. The maximum Gasteiger partial charge on any atom is 0.338 e. The summed E-state index contributed by atoms with van der Waals surface area (Å²) in [7, 11) is 1.60. The van der Waals surface area contributed by atoms with E-state index in [-0.39, 0.29) is 12.6 Å². The van der Waals surface area contributed by atoms with Gasteiger partial charge in [-0.1, -0.05) is 6.07 Å². The smallest absolute Gasteiger partial charge is 0.338 e. The van der Waals surface area contributed by atoms with Gasteiger partial charge in [0.05, 0.1) is 25.3 Å². The molecule has 1 aliphatic heterocycles. The van der Waals surface area contributed by atoms with Crippen LogP contribution in [0.15, 0.2) is 29.5 Å². The minimum absolute atomic E-state index is 0.276. The van der Waals surface area contributed by atoms with Crippen molar-refractivity contribution in [3.63, 3.8) is 0 Å². The second kappa shape index (κ2) is 6.51. The molecule has 1 aromatic carbocycles. The number of hydrogen-bond donors (Lipinski definition) is 2. The highest BCUT2D eigenvalue weighted by Crippen LogP contribution is 2.30. The number of allylic oxidation sites excluding steroid dienone is 1. The molecule has 0 unspecified atom stereocenters. The van der Waals surface area contributed by atoms with Crippen LogP contribution in [0.3, 0.4) is 0 Å². The summed E-state index contributed by atoms with van der Waals surface area (Å²) in [6.45, 7) is 5.62. The van der Waals surface area contributed by atoms with E-state index in [2.05, 4.69) is 10.6 Å². The monoisotopic (exact) mass is 304 g/mol. The van der Waals surface area contributed by atoms with Gasteiger partial charge in [-0.05, 0) is 44.0 Å². The molecule has 6 heteroatoms. The summed E-state index contributed by atoms with van der Waals surface area (Å²) in [5.41, 5.74) is 2.64. The van der Waals surface area contributed by atoms with Crippen LogP contribution in [0.25, 0.3) is 0 Å². The van der Waals surface area contributed by atoms with Crippen molar-refractivity contribution >= 4 is 12.0 Å². The highest BCUT2D eigenvalue weighted by atomic mass is 16.5. The predicted molar refractivity (Wildman–Crippen MR) is 81.5 cm³/mol. The lowest BCUT2D eigenvalue weighted by Crippen LogP contribution is -2.45. The number of methoxy groups -OCH3 is 1. The average Bonchev–Trinajstić information content (AvgIpc) is 2.46. The third-order valence-corrected chi connectivity index (χ3v) is 3.52. The van der Waals surface area contributed by atoms with Crippen LogP contribution in [-0.2, 0) is 9.53 Å². The summed E-state index contributed by atoms with van der Waals surface area (Å²) >= 11 is 0. The molecule has 6 nitrogen and oxygen atoms in total. The molecule has 0 saturated heterocycles. The number of hydrogen-bond acceptors (Lipinski definition) is 4. The van der Waals surface area contributed by atoms with Crippen molar-refractivity contribution in [2.45, 2.75) is 26.8 Å². The molecule has 0 saturated carbocycles. The van der Waals surface area contributed by atoms with Gasteiger partial charge in [0, 0.05) is 5.70 Å². The van der Waals surface area contributed by atoms with Crippen LogP contribution in [-0.4, -0.2) is 25.7 Å². The number of esters is 1. The highest BCUT2D eigenvalue weighted by Gasteiger charge is 2.32. The Bertz CT molecular complexity index is 637. The molecule has 2 rings (SSSR count). The van der Waals surface area contributed by atoms with Crippen molar-refractivity contribution in [2.75, 3.05) is 13.7 Å². The Morgan fingerprint density at radius 2 is 2.05 bits per heavy atom. The van der Waals surface area contributed by atoms with E-state index in [1.807, 2.05) is 25.1 Å². The Morgan fingerprint density at radius 3 is 2.64 bits per heavy atom. The standard InChI is InChI=1S/C16H20N2O4/c1-5-22-15(19)13-10(3)17-16(20)18-14(13)11-6-7-12(21-4)9(2)8-11/h6-8,14H,5H2,1-4H3,(H2,17,18,20)/t14-/m0/s1. The summed E-state index contributed by atoms with van der Waals surface area (Å²) in [5, 5.41) is 5.38. The second-order valence-electron chi connectivity index (χ2n) is 5.02. The van der Waals surface area contributed by atoms with E-state index in [1.165, 1.54) is 0 Å². The lowest BCUT2D eigenvalue weighted by molar-refractivity contribution is -0.139. The Morgan fingerprint density at radius 1 is 1.32 bits per heavy atom. The van der Waals surface area contributed by atoms with Crippen LogP contribution in [0.5, 0.6) is 5.75 Å². The van der Waals surface area contributed by atoms with Crippen molar-refractivity contribution in [3.05, 3.63) is 40.6 Å². The molecule has 118 valence electrons. The molecule has 0 bridgehead atoms. The van der Waals surface area contributed by atoms with E-state index < -0.39 is 12.0 Å². The molecule has 22 heavy (non-hydrogen) atoms. The third kappa shape index (κ3) is 3.05. The summed E-state index contributed by atoms with van der Waals surface area (Å²) in [5.74, 6) is 0.313. The second-order valence-corrected chi connectivity index (χ2v) is 5.02. The number of urea groups is 1. The number of ether oxygens (including phenoxy) is 2. The van der Waals surface area contributed by atoms with Crippen molar-refractivity contribution in [2.24, 2.45) is 0 Å². The lowest BCUT2D eigenvalue weighted by Gasteiger charge is -2.28. The van der Waals surface area contributed by atoms with Gasteiger partial charge in [-0.25, -0.2) is 9.59 Å². The first-order valence-electron chi connectivity index (χ1n) is 7.07. The molecule has 2 amide bonds. The summed E-state index contributed by atoms with van der Waals surface area (Å²) in [6.07, 6.45) is 0. The summed E-state index contributed by atoms with van der Waals surface area (Å²) in [4.78, 5) is 24.0. The number of benzene rings is 1. The van der Waals surface area contributed by atoms with E-state index in [9.17, 15) is 9.59 Å². The van der Waals surface area contributed by atoms with Crippen molar-refractivity contribution in [3.8, 4) is 5.75 Å². The molecule has 1 aliphatic rings. The molecule has 0 aliphatic carbocycles. The van der Waals surface area contributed by atoms with Crippen LogP contribution in [0, 0.1) is 6.92 Å². The van der Waals surface area contributed by atoms with Gasteiger partial charge in [0.15, 0.2) is 0 Å². The first-order chi connectivity index (χ1) is 10.5. The van der Waals surface area contributed by atoms with Gasteiger partial charge in [0.1, 0.15) is 5.75 Å². The van der Waals surface area contributed by atoms with E-state index in [1.54, 1.807) is 21.0 Å². The number of aryl methyl sites for hydroxylation is 1. The molecular formula is C16H20N2O4. The largest absolute Gasteiger partial charge is 0.496 e. The quantitative estimate of drug-likeness (QED) is 0.836. The van der Waals surface area contributed by atoms with Gasteiger partial charge in [0.25, 0.3) is 0 Å². The van der Waals surface area contributed by atoms with Crippen molar-refractivity contribution in [1.29, 1.82) is 0 Å². The van der Waals surface area contributed by atoms with Crippen LogP contribution in [0.4, 0.5) is 4.79 Å². The normalized spacial score (nSPS) is 17.6. The maximum atomic E-state index is 12.2. The third-order valence-electron chi connectivity index (χ3n) is 3.52. The SMILES string of the molecule is CCOC(=O)C1=C(C)NC(=O)N[C@H]1c1ccc(OC)c(C)c1. The molecule has 1 atom stereocenters.